The molecule has 1 unspecified atom stereocenters. The van der Waals surface area contributed by atoms with E-state index in [0.717, 1.165) is 29.8 Å². The van der Waals surface area contributed by atoms with Gasteiger partial charge in [-0.3, -0.25) is 9.69 Å². The van der Waals surface area contributed by atoms with Crippen LogP contribution >= 0.6 is 11.3 Å². The van der Waals surface area contributed by atoms with Crippen molar-refractivity contribution in [3.8, 4) is 6.07 Å². The molecule has 1 aromatic heterocycles. The molecule has 154 valence electrons. The molecular weight excluding hydrogens is 378 g/mol. The van der Waals surface area contributed by atoms with Crippen LogP contribution in [0.25, 0.3) is 0 Å². The average Bonchev–Trinajstić information content (AvgIpc) is 2.96. The van der Waals surface area contributed by atoms with Gasteiger partial charge in [-0.25, -0.2) is 0 Å². The minimum atomic E-state index is -0.0676. The van der Waals surface area contributed by atoms with Crippen molar-refractivity contribution in [3.05, 3.63) is 51.4 Å². The van der Waals surface area contributed by atoms with E-state index in [9.17, 15) is 10.1 Å². The van der Waals surface area contributed by atoms with Crippen LogP contribution < -0.4 is 5.32 Å². The SMILES string of the molecule is CC1CCc2c(sc(NC(=O)CN(C)Cc3ccc(C(C)(C)C)cc3)c2C#N)C1. The number of nitrogens with zero attached hydrogens (tertiary/aromatic N) is 2. The Labute approximate surface area is 178 Å². The zero-order valence-corrected chi connectivity index (χ0v) is 18.9. The van der Waals surface area contributed by atoms with E-state index < -0.39 is 0 Å². The van der Waals surface area contributed by atoms with Gasteiger partial charge in [0, 0.05) is 11.4 Å². The normalized spacial score (nSPS) is 16.4. The van der Waals surface area contributed by atoms with E-state index in [2.05, 4.69) is 63.3 Å². The van der Waals surface area contributed by atoms with E-state index in [1.54, 1.807) is 11.3 Å². The van der Waals surface area contributed by atoms with Crippen LogP contribution in [-0.4, -0.2) is 24.4 Å². The first-order chi connectivity index (χ1) is 13.7. The number of fused-ring (bicyclic) bond motifs is 1. The van der Waals surface area contributed by atoms with Gasteiger partial charge in [0.25, 0.3) is 0 Å². The molecule has 0 aliphatic heterocycles. The van der Waals surface area contributed by atoms with Crippen LogP contribution in [0.5, 0.6) is 0 Å². The molecule has 1 atom stereocenters. The highest BCUT2D eigenvalue weighted by atomic mass is 32.1. The summed E-state index contributed by atoms with van der Waals surface area (Å²) >= 11 is 1.58. The quantitative estimate of drug-likeness (QED) is 0.746. The number of anilines is 1. The van der Waals surface area contributed by atoms with Crippen LogP contribution in [-0.2, 0) is 29.6 Å². The van der Waals surface area contributed by atoms with E-state index in [-0.39, 0.29) is 11.3 Å². The standard InChI is InChI=1S/C24H31N3OS/c1-16-6-11-19-20(13-25)23(29-21(19)12-16)26-22(28)15-27(5)14-17-7-9-18(10-8-17)24(2,3)4/h7-10,16H,6,11-12,14-15H2,1-5H3,(H,26,28). The molecule has 1 N–H and O–H groups in total. The molecule has 1 aliphatic rings. The third-order valence-corrected chi connectivity index (χ3v) is 6.73. The number of hydrogen-bond donors (Lipinski definition) is 1. The number of likely N-dealkylation sites (N-methyl/N-ethyl adjacent to an activating group) is 1. The van der Waals surface area contributed by atoms with Gasteiger partial charge in [0.2, 0.25) is 5.91 Å². The lowest BCUT2D eigenvalue weighted by Crippen LogP contribution is -2.29. The summed E-state index contributed by atoms with van der Waals surface area (Å²) in [6.07, 6.45) is 3.06. The van der Waals surface area contributed by atoms with Crippen molar-refractivity contribution in [2.24, 2.45) is 5.92 Å². The fraction of sp³-hybridized carbons (Fsp3) is 0.500. The van der Waals surface area contributed by atoms with Crippen LogP contribution in [0.2, 0.25) is 0 Å². The first kappa shape index (κ1) is 21.5. The Morgan fingerprint density at radius 3 is 2.62 bits per heavy atom. The van der Waals surface area contributed by atoms with Gasteiger partial charge in [0.05, 0.1) is 12.1 Å². The molecule has 0 bridgehead atoms. The molecule has 3 rings (SSSR count). The Balaban J connectivity index is 1.60. The number of hydrogen-bond acceptors (Lipinski definition) is 4. The monoisotopic (exact) mass is 409 g/mol. The molecule has 0 saturated carbocycles. The van der Waals surface area contributed by atoms with Gasteiger partial charge in [-0.1, -0.05) is 52.0 Å². The molecule has 0 fully saturated rings. The van der Waals surface area contributed by atoms with E-state index >= 15 is 0 Å². The smallest absolute Gasteiger partial charge is 0.239 e. The first-order valence-corrected chi connectivity index (χ1v) is 11.1. The molecule has 2 aromatic rings. The van der Waals surface area contributed by atoms with Gasteiger partial charge >= 0.3 is 0 Å². The molecular formula is C24H31N3OS. The third-order valence-electron chi connectivity index (χ3n) is 5.56. The predicted octanol–water partition coefficient (Wildman–Crippen LogP) is 5.11. The highest BCUT2D eigenvalue weighted by Crippen LogP contribution is 2.39. The lowest BCUT2D eigenvalue weighted by molar-refractivity contribution is -0.117. The van der Waals surface area contributed by atoms with Gasteiger partial charge in [-0.05, 0) is 54.3 Å². The third kappa shape index (κ3) is 5.26. The highest BCUT2D eigenvalue weighted by molar-refractivity contribution is 7.16. The first-order valence-electron chi connectivity index (χ1n) is 10.3. The second-order valence-electron chi connectivity index (χ2n) is 9.34. The van der Waals surface area contributed by atoms with Gasteiger partial charge in [-0.2, -0.15) is 5.26 Å². The molecule has 0 saturated heterocycles. The summed E-state index contributed by atoms with van der Waals surface area (Å²) in [5, 5.41) is 13.3. The molecule has 1 aromatic carbocycles. The number of nitrogens with one attached hydrogen (secondary N) is 1. The van der Waals surface area contributed by atoms with E-state index in [0.29, 0.717) is 24.6 Å². The fourth-order valence-corrected chi connectivity index (χ4v) is 5.22. The predicted molar refractivity (Wildman–Crippen MR) is 120 cm³/mol. The van der Waals surface area contributed by atoms with Crippen LogP contribution in [0.15, 0.2) is 24.3 Å². The molecule has 0 radical (unpaired) electrons. The van der Waals surface area contributed by atoms with E-state index in [1.165, 1.54) is 16.0 Å². The van der Waals surface area contributed by atoms with Gasteiger partial charge in [-0.15, -0.1) is 11.3 Å². The summed E-state index contributed by atoms with van der Waals surface area (Å²) in [5.41, 5.74) is 4.46. The minimum absolute atomic E-state index is 0.0676. The Hall–Kier alpha value is -2.16. The van der Waals surface area contributed by atoms with Crippen molar-refractivity contribution in [2.75, 3.05) is 18.9 Å². The number of thiophene rings is 1. The molecule has 0 spiro atoms. The van der Waals surface area contributed by atoms with Crippen LogP contribution in [0.1, 0.15) is 61.2 Å². The number of carbonyl (C=O) groups excluding carboxylic acids is 1. The van der Waals surface area contributed by atoms with Gasteiger partial charge in [0.1, 0.15) is 11.1 Å². The topological polar surface area (TPSA) is 56.1 Å². The van der Waals surface area contributed by atoms with E-state index in [4.69, 9.17) is 0 Å². The summed E-state index contributed by atoms with van der Waals surface area (Å²) in [6, 6.07) is 10.9. The molecule has 29 heavy (non-hydrogen) atoms. The number of benzene rings is 1. The second kappa shape index (κ2) is 8.69. The summed E-state index contributed by atoms with van der Waals surface area (Å²) in [5.74, 6) is 0.578. The zero-order chi connectivity index (χ0) is 21.2. The number of rotatable bonds is 5. The van der Waals surface area contributed by atoms with Crippen molar-refractivity contribution >= 4 is 22.2 Å². The van der Waals surface area contributed by atoms with Crippen LogP contribution in [0, 0.1) is 17.2 Å². The maximum atomic E-state index is 12.6. The average molecular weight is 410 g/mol. The maximum absolute atomic E-state index is 12.6. The largest absolute Gasteiger partial charge is 0.315 e. The van der Waals surface area contributed by atoms with Crippen molar-refractivity contribution in [2.45, 2.75) is 58.9 Å². The molecule has 1 aliphatic carbocycles. The lowest BCUT2D eigenvalue weighted by atomic mass is 9.87. The Kier molecular flexibility index (Phi) is 6.45. The summed E-state index contributed by atoms with van der Waals surface area (Å²) in [7, 11) is 1.95. The van der Waals surface area contributed by atoms with Crippen molar-refractivity contribution in [3.63, 3.8) is 0 Å². The number of carbonyl (C=O) groups is 1. The van der Waals surface area contributed by atoms with Crippen molar-refractivity contribution in [1.82, 2.24) is 4.90 Å². The Bertz CT molecular complexity index is 915. The van der Waals surface area contributed by atoms with Crippen molar-refractivity contribution < 1.29 is 4.79 Å². The fourth-order valence-electron chi connectivity index (χ4n) is 3.85. The lowest BCUT2D eigenvalue weighted by Gasteiger charge is -2.20. The molecule has 1 heterocycles. The van der Waals surface area contributed by atoms with Crippen molar-refractivity contribution in [1.29, 1.82) is 5.26 Å². The number of amides is 1. The van der Waals surface area contributed by atoms with Crippen LogP contribution in [0.4, 0.5) is 5.00 Å². The molecule has 1 amide bonds. The Morgan fingerprint density at radius 1 is 1.31 bits per heavy atom. The van der Waals surface area contributed by atoms with E-state index in [1.807, 2.05) is 11.9 Å². The van der Waals surface area contributed by atoms with Gasteiger partial charge in [0.15, 0.2) is 0 Å². The summed E-state index contributed by atoms with van der Waals surface area (Å²) in [6.45, 7) is 9.87. The zero-order valence-electron chi connectivity index (χ0n) is 18.1. The second-order valence-corrected chi connectivity index (χ2v) is 10.4. The summed E-state index contributed by atoms with van der Waals surface area (Å²) < 4.78 is 0. The molecule has 4 nitrogen and oxygen atoms in total. The van der Waals surface area contributed by atoms with Crippen LogP contribution in [0.3, 0.4) is 0 Å². The molecule has 5 heteroatoms. The Morgan fingerprint density at radius 2 is 2.00 bits per heavy atom. The highest BCUT2D eigenvalue weighted by Gasteiger charge is 2.24. The minimum Gasteiger partial charge on any atom is -0.315 e. The maximum Gasteiger partial charge on any atom is 0.239 e. The van der Waals surface area contributed by atoms with Gasteiger partial charge < -0.3 is 5.32 Å². The number of nitriles is 1. The summed E-state index contributed by atoms with van der Waals surface area (Å²) in [4.78, 5) is 15.9.